The van der Waals surface area contributed by atoms with Crippen LogP contribution in [0.5, 0.6) is 0 Å². The fraction of sp³-hybridized carbons (Fsp3) is 0.0870. The van der Waals surface area contributed by atoms with Crippen LogP contribution in [0.15, 0.2) is 66.7 Å². The van der Waals surface area contributed by atoms with Gasteiger partial charge in [0, 0.05) is 11.1 Å². The van der Waals surface area contributed by atoms with Crippen LogP contribution in [0, 0.1) is 12.7 Å². The van der Waals surface area contributed by atoms with Gasteiger partial charge in [-0.3, -0.25) is 24.5 Å². The molecule has 0 saturated heterocycles. The number of hydroxylamine groups is 1. The molecule has 0 atom stereocenters. The molecule has 3 rings (SSSR count). The molecule has 0 aliphatic heterocycles. The van der Waals surface area contributed by atoms with Crippen molar-refractivity contribution in [3.8, 4) is 11.1 Å². The second-order valence-corrected chi connectivity index (χ2v) is 6.64. The Kier molecular flexibility index (Phi) is 6.34. The highest BCUT2D eigenvalue weighted by molar-refractivity contribution is 6.01. The van der Waals surface area contributed by atoms with Gasteiger partial charge in [0.05, 0.1) is 6.54 Å². The molecule has 0 radical (unpaired) electrons. The van der Waals surface area contributed by atoms with Crippen LogP contribution in [0.4, 0.5) is 4.39 Å². The monoisotopic (exact) mass is 406 g/mol. The molecule has 0 spiro atoms. The molecular formula is C23H19FN2O4. The topological polar surface area (TPSA) is 86.7 Å². The van der Waals surface area contributed by atoms with Crippen molar-refractivity contribution >= 4 is 18.2 Å². The summed E-state index contributed by atoms with van der Waals surface area (Å²) in [6.45, 7) is 1.40. The molecule has 0 unspecified atom stereocenters. The lowest BCUT2D eigenvalue weighted by atomic mass is 9.96. The van der Waals surface area contributed by atoms with Crippen molar-refractivity contribution in [1.82, 2.24) is 10.4 Å². The Morgan fingerprint density at radius 2 is 1.77 bits per heavy atom. The van der Waals surface area contributed by atoms with Crippen LogP contribution >= 0.6 is 0 Å². The summed E-state index contributed by atoms with van der Waals surface area (Å²) in [7, 11) is 0. The van der Waals surface area contributed by atoms with Gasteiger partial charge in [0.25, 0.3) is 11.8 Å². The summed E-state index contributed by atoms with van der Waals surface area (Å²) in [5.74, 6) is -1.84. The maximum Gasteiger partial charge on any atom is 0.275 e. The number of nitrogens with zero attached hydrogens (tertiary/aromatic N) is 1. The van der Waals surface area contributed by atoms with E-state index in [1.165, 1.54) is 31.2 Å². The van der Waals surface area contributed by atoms with Gasteiger partial charge < -0.3 is 0 Å². The van der Waals surface area contributed by atoms with Gasteiger partial charge in [-0.25, -0.2) is 9.87 Å². The van der Waals surface area contributed by atoms with Crippen LogP contribution in [-0.4, -0.2) is 28.3 Å². The van der Waals surface area contributed by atoms with E-state index in [4.69, 9.17) is 5.21 Å². The van der Waals surface area contributed by atoms with E-state index < -0.39 is 17.6 Å². The number of hydrogen-bond donors (Lipinski definition) is 2. The fourth-order valence-corrected chi connectivity index (χ4v) is 3.15. The average molecular weight is 406 g/mol. The zero-order valence-corrected chi connectivity index (χ0v) is 16.1. The molecule has 7 heteroatoms. The van der Waals surface area contributed by atoms with Crippen LogP contribution in [-0.2, 0) is 11.3 Å². The van der Waals surface area contributed by atoms with E-state index in [9.17, 15) is 18.8 Å². The first-order valence-corrected chi connectivity index (χ1v) is 9.10. The van der Waals surface area contributed by atoms with E-state index in [2.05, 4.69) is 0 Å². The molecule has 0 aliphatic carbocycles. The first-order chi connectivity index (χ1) is 14.5. The molecule has 3 amide bonds. The number of halogens is 1. The zero-order valence-electron chi connectivity index (χ0n) is 16.1. The molecule has 2 N–H and O–H groups in total. The molecule has 0 bridgehead atoms. The average Bonchev–Trinajstić information content (AvgIpc) is 2.78. The highest BCUT2D eigenvalue weighted by atomic mass is 19.1. The van der Waals surface area contributed by atoms with Crippen molar-refractivity contribution < 1.29 is 24.0 Å². The highest BCUT2D eigenvalue weighted by Crippen LogP contribution is 2.26. The van der Waals surface area contributed by atoms with Gasteiger partial charge in [-0.05, 0) is 53.4 Å². The summed E-state index contributed by atoms with van der Waals surface area (Å²) in [5.41, 5.74) is 3.95. The maximum atomic E-state index is 13.8. The molecule has 0 fully saturated rings. The lowest BCUT2D eigenvalue weighted by molar-refractivity contribution is -0.116. The van der Waals surface area contributed by atoms with Gasteiger partial charge in [0.1, 0.15) is 5.82 Å². The first-order valence-electron chi connectivity index (χ1n) is 9.10. The first kappa shape index (κ1) is 20.9. The number of amides is 3. The van der Waals surface area contributed by atoms with Gasteiger partial charge in [0.2, 0.25) is 6.41 Å². The van der Waals surface area contributed by atoms with E-state index in [-0.39, 0.29) is 23.2 Å². The Balaban J connectivity index is 1.97. The lowest BCUT2D eigenvalue weighted by Gasteiger charge is -2.18. The number of benzene rings is 3. The van der Waals surface area contributed by atoms with Gasteiger partial charge in [-0.1, -0.05) is 42.5 Å². The summed E-state index contributed by atoms with van der Waals surface area (Å²) in [6, 6.07) is 17.9. The predicted octanol–water partition coefficient (Wildman–Crippen LogP) is 3.72. The van der Waals surface area contributed by atoms with Gasteiger partial charge >= 0.3 is 0 Å². The van der Waals surface area contributed by atoms with Crippen molar-refractivity contribution in [3.63, 3.8) is 0 Å². The van der Waals surface area contributed by atoms with E-state index in [0.29, 0.717) is 17.5 Å². The number of hydrogen-bond acceptors (Lipinski definition) is 4. The molecule has 152 valence electrons. The minimum atomic E-state index is -0.681. The third-order valence-electron chi connectivity index (χ3n) is 4.75. The van der Waals surface area contributed by atoms with Gasteiger partial charge in [0.15, 0.2) is 0 Å². The summed E-state index contributed by atoms with van der Waals surface area (Å²) in [6.07, 6.45) is 0.392. The van der Waals surface area contributed by atoms with Crippen LogP contribution < -0.4 is 5.48 Å². The van der Waals surface area contributed by atoms with Crippen molar-refractivity contribution in [2.24, 2.45) is 0 Å². The molecule has 6 nitrogen and oxygen atoms in total. The van der Waals surface area contributed by atoms with Crippen LogP contribution in [0.3, 0.4) is 0 Å². The second kappa shape index (κ2) is 9.11. The molecule has 0 saturated carbocycles. The number of nitrogens with one attached hydrogen (secondary N) is 1. The second-order valence-electron chi connectivity index (χ2n) is 6.64. The SMILES string of the molecule is Cc1c(F)cccc1C(=O)N(C=O)Cc1ccc(C(=O)NO)c(-c2ccccc2)c1. The number of carbonyl (C=O) groups excluding carboxylic acids is 3. The van der Waals surface area contributed by atoms with E-state index in [0.717, 1.165) is 10.5 Å². The minimum Gasteiger partial charge on any atom is -0.288 e. The smallest absolute Gasteiger partial charge is 0.275 e. The summed E-state index contributed by atoms with van der Waals surface area (Å²) in [5, 5.41) is 9.03. The third-order valence-corrected chi connectivity index (χ3v) is 4.75. The highest BCUT2D eigenvalue weighted by Gasteiger charge is 2.20. The molecule has 3 aromatic carbocycles. The molecule has 30 heavy (non-hydrogen) atoms. The number of carbonyl (C=O) groups is 3. The minimum absolute atomic E-state index is 0.0703. The summed E-state index contributed by atoms with van der Waals surface area (Å²) >= 11 is 0. The Labute approximate surface area is 172 Å². The summed E-state index contributed by atoms with van der Waals surface area (Å²) in [4.78, 5) is 37.4. The van der Waals surface area contributed by atoms with E-state index in [1.807, 2.05) is 6.07 Å². The Hall–Kier alpha value is -3.84. The number of imide groups is 1. The lowest BCUT2D eigenvalue weighted by Crippen LogP contribution is -2.30. The molecule has 0 aromatic heterocycles. The van der Waals surface area contributed by atoms with Gasteiger partial charge in [-0.2, -0.15) is 0 Å². The fourth-order valence-electron chi connectivity index (χ4n) is 3.15. The van der Waals surface area contributed by atoms with E-state index in [1.54, 1.807) is 41.9 Å². The Morgan fingerprint density at radius 3 is 2.43 bits per heavy atom. The van der Waals surface area contributed by atoms with Crippen molar-refractivity contribution in [2.75, 3.05) is 0 Å². The van der Waals surface area contributed by atoms with Crippen molar-refractivity contribution in [2.45, 2.75) is 13.5 Å². The Bertz CT molecular complexity index is 1100. The van der Waals surface area contributed by atoms with Crippen molar-refractivity contribution in [3.05, 3.63) is 94.8 Å². The third kappa shape index (κ3) is 4.26. The van der Waals surface area contributed by atoms with Crippen molar-refractivity contribution in [1.29, 1.82) is 0 Å². The van der Waals surface area contributed by atoms with E-state index >= 15 is 0 Å². The maximum absolute atomic E-state index is 13.8. The zero-order chi connectivity index (χ0) is 21.7. The molecule has 0 heterocycles. The number of rotatable bonds is 6. The largest absolute Gasteiger partial charge is 0.288 e. The Morgan fingerprint density at radius 1 is 1.03 bits per heavy atom. The predicted molar refractivity (Wildman–Crippen MR) is 108 cm³/mol. The van der Waals surface area contributed by atoms with Crippen LogP contribution in [0.25, 0.3) is 11.1 Å². The van der Waals surface area contributed by atoms with Gasteiger partial charge in [-0.15, -0.1) is 0 Å². The quantitative estimate of drug-likeness (QED) is 0.371. The molecule has 3 aromatic rings. The standard InChI is InChI=1S/C23H19FN2O4/c1-15-18(8-5-9-21(15)24)23(29)26(14-27)13-16-10-11-19(22(28)25-30)20(12-16)17-6-3-2-4-7-17/h2-12,14,30H,13H2,1H3,(H,25,28). The summed E-state index contributed by atoms with van der Waals surface area (Å²) < 4.78 is 13.8. The van der Waals surface area contributed by atoms with Crippen LogP contribution in [0.1, 0.15) is 31.8 Å². The molecule has 0 aliphatic rings. The van der Waals surface area contributed by atoms with Crippen LogP contribution in [0.2, 0.25) is 0 Å². The normalized spacial score (nSPS) is 10.4. The molecular weight excluding hydrogens is 387 g/mol.